The molecule has 130 valence electrons. The topological polar surface area (TPSA) is 81.4 Å². The zero-order chi connectivity index (χ0) is 18.3. The van der Waals surface area contributed by atoms with Gasteiger partial charge in [-0.3, -0.25) is 19.9 Å². The Bertz CT molecular complexity index is 1090. The molecule has 2 aromatic heterocycles. The lowest BCUT2D eigenvalue weighted by Crippen LogP contribution is -2.17. The van der Waals surface area contributed by atoms with Crippen LogP contribution in [-0.2, 0) is 4.79 Å². The molecular formula is C18H11ClN2O4S. The molecule has 1 fully saturated rings. The fourth-order valence-electron chi connectivity index (χ4n) is 2.64. The molecule has 1 saturated heterocycles. The number of fused-ring (bicyclic) bond motifs is 1. The Morgan fingerprint density at radius 3 is 2.81 bits per heavy atom. The molecule has 0 spiro atoms. The van der Waals surface area contributed by atoms with Gasteiger partial charge < -0.3 is 9.15 Å². The standard InChI is InChI=1S/C18H11ClN2O4S/c1-24-14-3-2-9(5-13(14)19)12-8-20-7-10-4-11(25-16(10)12)6-15-17(22)21-18(23)26-15/h2-8H,1H3,(H,21,22,23)/b15-6-. The number of carbonyl (C=O) groups is 2. The molecule has 0 radical (unpaired) electrons. The Hall–Kier alpha value is -2.77. The van der Waals surface area contributed by atoms with Crippen molar-refractivity contribution in [3.63, 3.8) is 0 Å². The third-order valence-corrected chi connectivity index (χ3v) is 4.93. The number of methoxy groups -OCH3 is 1. The van der Waals surface area contributed by atoms with Gasteiger partial charge in [-0.2, -0.15) is 0 Å². The van der Waals surface area contributed by atoms with Gasteiger partial charge in [0.25, 0.3) is 11.1 Å². The summed E-state index contributed by atoms with van der Waals surface area (Å²) in [6.07, 6.45) is 4.89. The average Bonchev–Trinajstić information content (AvgIpc) is 3.16. The number of nitrogens with zero attached hydrogens (tertiary/aromatic N) is 1. The molecule has 0 bridgehead atoms. The van der Waals surface area contributed by atoms with Crippen LogP contribution in [0, 0.1) is 0 Å². The van der Waals surface area contributed by atoms with E-state index >= 15 is 0 Å². The molecule has 26 heavy (non-hydrogen) atoms. The Morgan fingerprint density at radius 2 is 2.12 bits per heavy atom. The number of benzene rings is 1. The number of halogens is 1. The minimum absolute atomic E-state index is 0.288. The number of aromatic nitrogens is 1. The second kappa shape index (κ2) is 6.51. The summed E-state index contributed by atoms with van der Waals surface area (Å²) in [5.74, 6) is 0.608. The van der Waals surface area contributed by atoms with E-state index in [2.05, 4.69) is 10.3 Å². The van der Waals surface area contributed by atoms with Crippen LogP contribution in [0.4, 0.5) is 4.79 Å². The predicted molar refractivity (Wildman–Crippen MR) is 100 cm³/mol. The number of pyridine rings is 1. The molecule has 0 aliphatic carbocycles. The van der Waals surface area contributed by atoms with Gasteiger partial charge in [-0.25, -0.2) is 0 Å². The molecule has 1 aliphatic rings. The molecular weight excluding hydrogens is 376 g/mol. The van der Waals surface area contributed by atoms with Crippen LogP contribution in [-0.4, -0.2) is 23.2 Å². The summed E-state index contributed by atoms with van der Waals surface area (Å²) in [6, 6.07) is 7.17. The smallest absolute Gasteiger partial charge is 0.290 e. The van der Waals surface area contributed by atoms with Gasteiger partial charge in [0, 0.05) is 29.4 Å². The van der Waals surface area contributed by atoms with E-state index in [0.717, 1.165) is 28.3 Å². The molecule has 4 rings (SSSR count). The fraction of sp³-hybridized carbons (Fsp3) is 0.0556. The zero-order valence-electron chi connectivity index (χ0n) is 13.4. The first-order valence-electron chi connectivity index (χ1n) is 7.51. The van der Waals surface area contributed by atoms with Crippen molar-refractivity contribution in [1.29, 1.82) is 0 Å². The molecule has 0 unspecified atom stereocenters. The number of nitrogens with one attached hydrogen (secondary N) is 1. The molecule has 3 aromatic rings. The largest absolute Gasteiger partial charge is 0.495 e. The number of carbonyl (C=O) groups excluding carboxylic acids is 2. The average molecular weight is 387 g/mol. The van der Waals surface area contributed by atoms with Crippen molar-refractivity contribution in [2.75, 3.05) is 7.11 Å². The molecule has 0 atom stereocenters. The van der Waals surface area contributed by atoms with Gasteiger partial charge in [0.2, 0.25) is 0 Å². The fourth-order valence-corrected chi connectivity index (χ4v) is 3.56. The Kier molecular flexibility index (Phi) is 4.18. The lowest BCUT2D eigenvalue weighted by atomic mass is 10.1. The highest BCUT2D eigenvalue weighted by Crippen LogP contribution is 2.35. The number of amides is 2. The molecule has 1 N–H and O–H groups in total. The molecule has 3 heterocycles. The van der Waals surface area contributed by atoms with Crippen molar-refractivity contribution in [2.45, 2.75) is 0 Å². The first-order chi connectivity index (χ1) is 12.5. The van der Waals surface area contributed by atoms with E-state index in [0.29, 0.717) is 22.1 Å². The van der Waals surface area contributed by atoms with Gasteiger partial charge in [0.15, 0.2) is 0 Å². The van der Waals surface area contributed by atoms with Crippen molar-refractivity contribution < 1.29 is 18.7 Å². The van der Waals surface area contributed by atoms with Crippen LogP contribution in [0.15, 0.2) is 46.0 Å². The number of hydrogen-bond acceptors (Lipinski definition) is 6. The summed E-state index contributed by atoms with van der Waals surface area (Å²) in [5.41, 5.74) is 2.20. The Balaban J connectivity index is 1.79. The zero-order valence-corrected chi connectivity index (χ0v) is 15.0. The van der Waals surface area contributed by atoms with Crippen LogP contribution in [0.5, 0.6) is 5.75 Å². The van der Waals surface area contributed by atoms with Crippen LogP contribution in [0.2, 0.25) is 5.02 Å². The number of hydrogen-bond donors (Lipinski definition) is 1. The van der Waals surface area contributed by atoms with E-state index in [-0.39, 0.29) is 4.91 Å². The SMILES string of the molecule is COc1ccc(-c2cncc3cc(/C=C4\SC(=O)NC4=O)oc23)cc1Cl. The van der Waals surface area contributed by atoms with Gasteiger partial charge in [0.05, 0.1) is 17.0 Å². The van der Waals surface area contributed by atoms with Crippen LogP contribution >= 0.6 is 23.4 Å². The normalized spacial score (nSPS) is 15.7. The van der Waals surface area contributed by atoms with E-state index < -0.39 is 11.1 Å². The number of ether oxygens (including phenoxy) is 1. The Morgan fingerprint density at radius 1 is 1.27 bits per heavy atom. The van der Waals surface area contributed by atoms with Crippen molar-refractivity contribution >= 4 is 51.6 Å². The summed E-state index contributed by atoms with van der Waals surface area (Å²) in [5, 5.41) is 3.07. The van der Waals surface area contributed by atoms with E-state index in [1.807, 2.05) is 6.07 Å². The maximum Gasteiger partial charge on any atom is 0.290 e. The second-order valence-electron chi connectivity index (χ2n) is 5.46. The summed E-state index contributed by atoms with van der Waals surface area (Å²) >= 11 is 7.05. The first-order valence-corrected chi connectivity index (χ1v) is 8.71. The maximum absolute atomic E-state index is 11.7. The quantitative estimate of drug-likeness (QED) is 0.668. The molecule has 1 aromatic carbocycles. The molecule has 0 saturated carbocycles. The van der Waals surface area contributed by atoms with Gasteiger partial charge in [-0.05, 0) is 35.5 Å². The minimum Gasteiger partial charge on any atom is -0.495 e. The van der Waals surface area contributed by atoms with Crippen LogP contribution < -0.4 is 10.1 Å². The van der Waals surface area contributed by atoms with Gasteiger partial charge in [-0.15, -0.1) is 0 Å². The summed E-state index contributed by atoms with van der Waals surface area (Å²) < 4.78 is 11.1. The van der Waals surface area contributed by atoms with Gasteiger partial charge in [-0.1, -0.05) is 17.7 Å². The van der Waals surface area contributed by atoms with Gasteiger partial charge >= 0.3 is 0 Å². The van der Waals surface area contributed by atoms with E-state index in [1.165, 1.54) is 6.08 Å². The molecule has 6 nitrogen and oxygen atoms in total. The predicted octanol–water partition coefficient (Wildman–Crippen LogP) is 4.48. The van der Waals surface area contributed by atoms with E-state index in [1.54, 1.807) is 37.7 Å². The third kappa shape index (κ3) is 2.95. The minimum atomic E-state index is -0.430. The van der Waals surface area contributed by atoms with Crippen LogP contribution in [0.3, 0.4) is 0 Å². The highest BCUT2D eigenvalue weighted by atomic mass is 35.5. The first kappa shape index (κ1) is 16.7. The van der Waals surface area contributed by atoms with Gasteiger partial charge in [0.1, 0.15) is 17.1 Å². The van der Waals surface area contributed by atoms with Crippen molar-refractivity contribution in [3.8, 4) is 16.9 Å². The highest BCUT2D eigenvalue weighted by Gasteiger charge is 2.25. The lowest BCUT2D eigenvalue weighted by molar-refractivity contribution is -0.115. The monoisotopic (exact) mass is 386 g/mol. The molecule has 1 aliphatic heterocycles. The number of imide groups is 1. The summed E-state index contributed by atoms with van der Waals surface area (Å²) in [4.78, 5) is 27.5. The second-order valence-corrected chi connectivity index (χ2v) is 6.88. The van der Waals surface area contributed by atoms with Crippen LogP contribution in [0.1, 0.15) is 5.76 Å². The molecule has 2 amide bonds. The number of thioether (sulfide) groups is 1. The Labute approximate surface area is 157 Å². The van der Waals surface area contributed by atoms with Crippen molar-refractivity contribution in [2.24, 2.45) is 0 Å². The maximum atomic E-state index is 11.7. The number of rotatable bonds is 3. The molecule has 8 heteroatoms. The van der Waals surface area contributed by atoms with Crippen molar-refractivity contribution in [1.82, 2.24) is 10.3 Å². The van der Waals surface area contributed by atoms with E-state index in [9.17, 15) is 9.59 Å². The summed E-state index contributed by atoms with van der Waals surface area (Å²) in [6.45, 7) is 0. The third-order valence-electron chi connectivity index (χ3n) is 3.82. The van der Waals surface area contributed by atoms with Crippen molar-refractivity contribution in [3.05, 3.63) is 52.3 Å². The summed E-state index contributed by atoms with van der Waals surface area (Å²) in [7, 11) is 1.55. The highest BCUT2D eigenvalue weighted by molar-refractivity contribution is 8.18. The van der Waals surface area contributed by atoms with E-state index in [4.69, 9.17) is 20.8 Å². The lowest BCUT2D eigenvalue weighted by Gasteiger charge is -2.06. The van der Waals surface area contributed by atoms with Crippen LogP contribution in [0.25, 0.3) is 28.2 Å². The number of furan rings is 1.